The van der Waals surface area contributed by atoms with Gasteiger partial charge in [-0.05, 0) is 54.6 Å². The SMILES string of the molecule is O=C(C=Cc1ccc(-c2cccc(Cl)c2Cl)o1)c1ccc(N2CCOCC2)c(F)c1. The summed E-state index contributed by atoms with van der Waals surface area (Å²) in [5.41, 5.74) is 1.41. The molecule has 4 rings (SSSR count). The van der Waals surface area contributed by atoms with E-state index in [1.165, 1.54) is 18.2 Å². The molecule has 0 radical (unpaired) electrons. The van der Waals surface area contributed by atoms with E-state index >= 15 is 0 Å². The highest BCUT2D eigenvalue weighted by atomic mass is 35.5. The third-order valence-corrected chi connectivity index (χ3v) is 5.65. The van der Waals surface area contributed by atoms with Crippen LogP contribution >= 0.6 is 23.2 Å². The van der Waals surface area contributed by atoms with Crippen molar-refractivity contribution in [2.45, 2.75) is 0 Å². The predicted octanol–water partition coefficient (Wildman–Crippen LogP) is 6.13. The molecule has 0 unspecified atom stereocenters. The molecule has 3 aromatic rings. The molecule has 4 nitrogen and oxygen atoms in total. The molecular formula is C23H18Cl2FNO3. The van der Waals surface area contributed by atoms with Crippen LogP contribution in [0.2, 0.25) is 10.0 Å². The largest absolute Gasteiger partial charge is 0.457 e. The summed E-state index contributed by atoms with van der Waals surface area (Å²) in [4.78, 5) is 14.4. The molecule has 0 amide bonds. The molecule has 0 N–H and O–H groups in total. The number of anilines is 1. The number of hydrogen-bond acceptors (Lipinski definition) is 4. The maximum atomic E-state index is 14.5. The van der Waals surface area contributed by atoms with Gasteiger partial charge in [-0.3, -0.25) is 4.79 Å². The minimum Gasteiger partial charge on any atom is -0.457 e. The van der Waals surface area contributed by atoms with Gasteiger partial charge in [-0.2, -0.15) is 0 Å². The predicted molar refractivity (Wildman–Crippen MR) is 117 cm³/mol. The van der Waals surface area contributed by atoms with Gasteiger partial charge < -0.3 is 14.1 Å². The number of nitrogens with zero attached hydrogens (tertiary/aromatic N) is 1. The Bertz CT molecular complexity index is 1100. The molecule has 0 spiro atoms. The van der Waals surface area contributed by atoms with Crippen LogP contribution in [0.25, 0.3) is 17.4 Å². The second kappa shape index (κ2) is 9.04. The molecular weight excluding hydrogens is 428 g/mol. The summed E-state index contributed by atoms with van der Waals surface area (Å²) in [5, 5.41) is 0.830. The molecule has 1 aliphatic heterocycles. The molecule has 30 heavy (non-hydrogen) atoms. The van der Waals surface area contributed by atoms with Crippen molar-refractivity contribution in [3.05, 3.63) is 81.8 Å². The van der Waals surface area contributed by atoms with Crippen molar-refractivity contribution < 1.29 is 18.3 Å². The number of furan rings is 1. The van der Waals surface area contributed by atoms with E-state index in [4.69, 9.17) is 32.4 Å². The van der Waals surface area contributed by atoms with Crippen molar-refractivity contribution in [3.63, 3.8) is 0 Å². The lowest BCUT2D eigenvalue weighted by molar-refractivity contribution is 0.104. The number of rotatable bonds is 5. The number of morpholine rings is 1. The molecule has 2 aromatic carbocycles. The van der Waals surface area contributed by atoms with Crippen LogP contribution in [0.1, 0.15) is 16.1 Å². The van der Waals surface area contributed by atoms with Crippen molar-refractivity contribution in [3.8, 4) is 11.3 Å². The van der Waals surface area contributed by atoms with Gasteiger partial charge in [-0.25, -0.2) is 4.39 Å². The van der Waals surface area contributed by atoms with Crippen LogP contribution in [0.5, 0.6) is 0 Å². The summed E-state index contributed by atoms with van der Waals surface area (Å²) >= 11 is 12.3. The molecule has 0 saturated carbocycles. The van der Waals surface area contributed by atoms with Crippen LogP contribution < -0.4 is 4.90 Å². The Morgan fingerprint density at radius 2 is 1.87 bits per heavy atom. The first-order valence-electron chi connectivity index (χ1n) is 9.42. The highest BCUT2D eigenvalue weighted by molar-refractivity contribution is 6.43. The van der Waals surface area contributed by atoms with Crippen molar-refractivity contribution in [2.75, 3.05) is 31.2 Å². The number of hydrogen-bond donors (Lipinski definition) is 0. The standard InChI is InChI=1S/C23H18Cl2FNO3/c24-18-3-1-2-17(23(18)25)22-9-6-16(30-22)5-8-21(28)15-4-7-20(19(26)14-15)27-10-12-29-13-11-27/h1-9,14H,10-13H2. The van der Waals surface area contributed by atoms with Crippen molar-refractivity contribution in [1.29, 1.82) is 0 Å². The maximum absolute atomic E-state index is 14.5. The lowest BCUT2D eigenvalue weighted by Crippen LogP contribution is -2.36. The van der Waals surface area contributed by atoms with Gasteiger partial charge in [-0.1, -0.05) is 29.3 Å². The van der Waals surface area contributed by atoms with Crippen LogP contribution in [-0.2, 0) is 4.74 Å². The topological polar surface area (TPSA) is 42.7 Å². The van der Waals surface area contributed by atoms with E-state index < -0.39 is 5.82 Å². The first kappa shape index (κ1) is 20.7. The highest BCUT2D eigenvalue weighted by Gasteiger charge is 2.16. The van der Waals surface area contributed by atoms with Crippen LogP contribution in [0.3, 0.4) is 0 Å². The number of halogens is 3. The molecule has 2 heterocycles. The van der Waals surface area contributed by atoms with Gasteiger partial charge in [0.1, 0.15) is 17.3 Å². The Balaban J connectivity index is 1.48. The fourth-order valence-electron chi connectivity index (χ4n) is 3.26. The van der Waals surface area contributed by atoms with Crippen LogP contribution in [0.4, 0.5) is 10.1 Å². The summed E-state index contributed by atoms with van der Waals surface area (Å²) in [7, 11) is 0. The summed E-state index contributed by atoms with van der Waals surface area (Å²) in [6.45, 7) is 2.38. The van der Waals surface area contributed by atoms with Gasteiger partial charge in [0.15, 0.2) is 5.78 Å². The summed E-state index contributed by atoms with van der Waals surface area (Å²) in [6, 6.07) is 13.3. The first-order chi connectivity index (χ1) is 14.5. The van der Waals surface area contributed by atoms with Gasteiger partial charge >= 0.3 is 0 Å². The summed E-state index contributed by atoms with van der Waals surface area (Å²) < 4.78 is 25.5. The molecule has 0 bridgehead atoms. The van der Waals surface area contributed by atoms with Gasteiger partial charge in [-0.15, -0.1) is 0 Å². The fraction of sp³-hybridized carbons (Fsp3) is 0.174. The van der Waals surface area contributed by atoms with E-state index in [1.54, 1.807) is 42.5 Å². The Hall–Kier alpha value is -2.60. The van der Waals surface area contributed by atoms with Crippen molar-refractivity contribution in [1.82, 2.24) is 0 Å². The third-order valence-electron chi connectivity index (χ3n) is 4.83. The lowest BCUT2D eigenvalue weighted by Gasteiger charge is -2.29. The van der Waals surface area contributed by atoms with Crippen LogP contribution in [0, 0.1) is 5.82 Å². The zero-order chi connectivity index (χ0) is 21.1. The third kappa shape index (κ3) is 4.43. The quantitative estimate of drug-likeness (QED) is 0.350. The molecule has 1 aliphatic rings. The average Bonchev–Trinajstić information content (AvgIpc) is 3.23. The Labute approximate surface area is 183 Å². The molecule has 0 aliphatic carbocycles. The normalized spacial score (nSPS) is 14.4. The lowest BCUT2D eigenvalue weighted by atomic mass is 10.1. The van der Waals surface area contributed by atoms with E-state index in [1.807, 2.05) is 4.90 Å². The minimum absolute atomic E-state index is 0.269. The second-order valence-corrected chi connectivity index (χ2v) is 7.55. The van der Waals surface area contributed by atoms with E-state index in [9.17, 15) is 9.18 Å². The smallest absolute Gasteiger partial charge is 0.186 e. The van der Waals surface area contributed by atoms with Crippen molar-refractivity contribution >= 4 is 40.7 Å². The maximum Gasteiger partial charge on any atom is 0.186 e. The average molecular weight is 446 g/mol. The zero-order valence-corrected chi connectivity index (χ0v) is 17.4. The van der Waals surface area contributed by atoms with Gasteiger partial charge in [0, 0.05) is 24.2 Å². The number of carbonyl (C=O) groups excluding carboxylic acids is 1. The van der Waals surface area contributed by atoms with E-state index in [0.29, 0.717) is 59.1 Å². The summed E-state index contributed by atoms with van der Waals surface area (Å²) in [5.74, 6) is 0.267. The number of ether oxygens (including phenoxy) is 1. The van der Waals surface area contributed by atoms with Gasteiger partial charge in [0.25, 0.3) is 0 Å². The van der Waals surface area contributed by atoms with E-state index in [0.717, 1.165) is 0 Å². The van der Waals surface area contributed by atoms with E-state index in [-0.39, 0.29) is 11.3 Å². The highest BCUT2D eigenvalue weighted by Crippen LogP contribution is 2.34. The zero-order valence-electron chi connectivity index (χ0n) is 15.9. The monoisotopic (exact) mass is 445 g/mol. The molecule has 1 saturated heterocycles. The Morgan fingerprint density at radius 1 is 1.07 bits per heavy atom. The fourth-order valence-corrected chi connectivity index (χ4v) is 3.65. The minimum atomic E-state index is -0.424. The molecule has 1 aromatic heterocycles. The molecule has 154 valence electrons. The number of benzene rings is 2. The Kier molecular flexibility index (Phi) is 6.23. The molecule has 7 heteroatoms. The second-order valence-electron chi connectivity index (χ2n) is 6.77. The molecule has 1 fully saturated rings. The number of ketones is 1. The van der Waals surface area contributed by atoms with E-state index in [2.05, 4.69) is 0 Å². The Morgan fingerprint density at radius 3 is 2.63 bits per heavy atom. The van der Waals surface area contributed by atoms with Crippen LogP contribution in [-0.4, -0.2) is 32.1 Å². The number of allylic oxidation sites excluding steroid dienone is 1. The van der Waals surface area contributed by atoms with Gasteiger partial charge in [0.05, 0.1) is 28.9 Å². The number of carbonyl (C=O) groups is 1. The first-order valence-corrected chi connectivity index (χ1v) is 10.2. The van der Waals surface area contributed by atoms with Crippen molar-refractivity contribution in [2.24, 2.45) is 0 Å². The van der Waals surface area contributed by atoms with Gasteiger partial charge in [0.2, 0.25) is 0 Å². The van der Waals surface area contributed by atoms with Crippen LogP contribution in [0.15, 0.2) is 59.0 Å². The molecule has 0 atom stereocenters. The summed E-state index contributed by atoms with van der Waals surface area (Å²) in [6.07, 6.45) is 2.89.